The summed E-state index contributed by atoms with van der Waals surface area (Å²) in [5.41, 5.74) is 0.534. The molecule has 2 aromatic rings. The van der Waals surface area contributed by atoms with Crippen molar-refractivity contribution in [3.63, 3.8) is 0 Å². The van der Waals surface area contributed by atoms with Gasteiger partial charge in [0.2, 0.25) is 0 Å². The molecule has 104 valence electrons. The summed E-state index contributed by atoms with van der Waals surface area (Å²) < 4.78 is 10.3. The van der Waals surface area contributed by atoms with Crippen molar-refractivity contribution >= 4 is 34.1 Å². The number of benzene rings is 2. The molecule has 2 rings (SSSR count). The number of fused-ring (bicyclic) bond motifs is 1. The normalized spacial score (nSPS) is 10.2. The Balaban J connectivity index is 2.41. The van der Waals surface area contributed by atoms with E-state index >= 15 is 0 Å². The molecule has 0 aromatic heterocycles. The highest BCUT2D eigenvalue weighted by molar-refractivity contribution is 7.80. The molecule has 2 aromatic carbocycles. The average Bonchev–Trinajstić information content (AvgIpc) is 2.45. The summed E-state index contributed by atoms with van der Waals surface area (Å²) in [6.07, 6.45) is 0. The smallest absolute Gasteiger partial charge is 0.338 e. The third kappa shape index (κ3) is 2.88. The number of esters is 1. The predicted molar refractivity (Wildman–Crippen MR) is 82.2 cm³/mol. The van der Waals surface area contributed by atoms with Gasteiger partial charge in [0, 0.05) is 14.1 Å². The Bertz CT molecular complexity index is 667. The summed E-state index contributed by atoms with van der Waals surface area (Å²) in [4.78, 5) is 13.4. The molecule has 0 radical (unpaired) electrons. The van der Waals surface area contributed by atoms with Crippen molar-refractivity contribution in [2.75, 3.05) is 21.2 Å². The van der Waals surface area contributed by atoms with Crippen molar-refractivity contribution in [2.24, 2.45) is 0 Å². The lowest BCUT2D eigenvalue weighted by Gasteiger charge is -2.14. The highest BCUT2D eigenvalue weighted by Crippen LogP contribution is 2.24. The highest BCUT2D eigenvalue weighted by Gasteiger charge is 2.11. The summed E-state index contributed by atoms with van der Waals surface area (Å²) in [5, 5.41) is 2.10. The van der Waals surface area contributed by atoms with Gasteiger partial charge < -0.3 is 14.4 Å². The second-order valence-corrected chi connectivity index (χ2v) is 4.79. The Morgan fingerprint density at radius 2 is 1.95 bits per heavy atom. The van der Waals surface area contributed by atoms with Crippen molar-refractivity contribution in [3.8, 4) is 5.75 Å². The van der Waals surface area contributed by atoms with Gasteiger partial charge in [-0.2, -0.15) is 0 Å². The number of thiocarbonyl (C=S) groups is 1. The van der Waals surface area contributed by atoms with Crippen molar-refractivity contribution in [1.82, 2.24) is 4.90 Å². The zero-order chi connectivity index (χ0) is 14.7. The van der Waals surface area contributed by atoms with E-state index in [2.05, 4.69) is 0 Å². The molecule has 0 atom stereocenters. The van der Waals surface area contributed by atoms with E-state index in [0.717, 1.165) is 10.8 Å². The number of rotatable bonds is 2. The number of carbonyl (C=O) groups excluding carboxylic acids is 1. The van der Waals surface area contributed by atoms with E-state index in [1.807, 2.05) is 38.4 Å². The van der Waals surface area contributed by atoms with Crippen LogP contribution in [0.25, 0.3) is 10.8 Å². The molecule has 0 N–H and O–H groups in total. The van der Waals surface area contributed by atoms with Crippen molar-refractivity contribution in [2.45, 2.75) is 0 Å². The molecule has 4 nitrogen and oxygen atoms in total. The summed E-state index contributed by atoms with van der Waals surface area (Å²) in [6.45, 7) is 0. The quantitative estimate of drug-likeness (QED) is 0.628. The molecule has 0 unspecified atom stereocenters. The molecule has 0 amide bonds. The van der Waals surface area contributed by atoms with Gasteiger partial charge in [0.15, 0.2) is 0 Å². The summed E-state index contributed by atoms with van der Waals surface area (Å²) in [7, 11) is 5.01. The molecule has 0 saturated carbocycles. The van der Waals surface area contributed by atoms with Crippen LogP contribution in [0.5, 0.6) is 5.75 Å². The zero-order valence-corrected chi connectivity index (χ0v) is 12.4. The largest absolute Gasteiger partial charge is 0.465 e. The monoisotopic (exact) mass is 289 g/mol. The maximum absolute atomic E-state index is 11.7. The van der Waals surface area contributed by atoms with E-state index in [1.165, 1.54) is 7.11 Å². The van der Waals surface area contributed by atoms with E-state index in [0.29, 0.717) is 16.5 Å². The molecular weight excluding hydrogens is 274 g/mol. The van der Waals surface area contributed by atoms with Gasteiger partial charge in [0.25, 0.3) is 5.17 Å². The summed E-state index contributed by atoms with van der Waals surface area (Å²) in [6, 6.07) is 10.9. The predicted octanol–water partition coefficient (Wildman–Crippen LogP) is 2.85. The van der Waals surface area contributed by atoms with Crippen LogP contribution in [0.1, 0.15) is 10.4 Å². The Morgan fingerprint density at radius 3 is 2.60 bits per heavy atom. The van der Waals surface area contributed by atoms with Crippen LogP contribution in [0.4, 0.5) is 0 Å². The Hall–Kier alpha value is -2.14. The number of hydrogen-bond donors (Lipinski definition) is 0. The minimum absolute atomic E-state index is 0.354. The first-order valence-electron chi connectivity index (χ1n) is 6.03. The van der Waals surface area contributed by atoms with Gasteiger partial charge in [0.1, 0.15) is 5.75 Å². The topological polar surface area (TPSA) is 38.8 Å². The third-order valence-corrected chi connectivity index (χ3v) is 3.28. The summed E-state index contributed by atoms with van der Waals surface area (Å²) in [5.74, 6) is 0.284. The molecule has 0 spiro atoms. The SMILES string of the molecule is COC(=O)c1cccc2cc(OC(=S)N(C)C)ccc12. The van der Waals surface area contributed by atoms with Crippen LogP contribution in [-0.2, 0) is 4.74 Å². The van der Waals surface area contributed by atoms with Crippen LogP contribution in [0, 0.1) is 0 Å². The van der Waals surface area contributed by atoms with Crippen LogP contribution in [0.15, 0.2) is 36.4 Å². The fourth-order valence-electron chi connectivity index (χ4n) is 1.81. The van der Waals surface area contributed by atoms with Gasteiger partial charge in [-0.15, -0.1) is 0 Å². The van der Waals surface area contributed by atoms with Gasteiger partial charge in [0.05, 0.1) is 12.7 Å². The molecule has 0 aliphatic carbocycles. The van der Waals surface area contributed by atoms with Gasteiger partial charge in [-0.1, -0.05) is 12.1 Å². The van der Waals surface area contributed by atoms with Crippen LogP contribution >= 0.6 is 12.2 Å². The van der Waals surface area contributed by atoms with Crippen LogP contribution in [0.3, 0.4) is 0 Å². The van der Waals surface area contributed by atoms with E-state index < -0.39 is 0 Å². The van der Waals surface area contributed by atoms with E-state index in [-0.39, 0.29) is 5.97 Å². The lowest BCUT2D eigenvalue weighted by atomic mass is 10.0. The lowest BCUT2D eigenvalue weighted by Crippen LogP contribution is -2.24. The standard InChI is InChI=1S/C15H15NO3S/c1-16(2)15(20)19-11-7-8-12-10(9-11)5-4-6-13(12)14(17)18-3/h4-9H,1-3H3. The number of hydrogen-bond acceptors (Lipinski definition) is 4. The molecular formula is C15H15NO3S. The Labute approximate surface area is 122 Å². The van der Waals surface area contributed by atoms with Crippen molar-refractivity contribution < 1.29 is 14.3 Å². The molecule has 0 aliphatic heterocycles. The van der Waals surface area contributed by atoms with Crippen molar-refractivity contribution in [3.05, 3.63) is 42.0 Å². The van der Waals surface area contributed by atoms with Gasteiger partial charge in [-0.25, -0.2) is 4.79 Å². The maximum atomic E-state index is 11.7. The minimum Gasteiger partial charge on any atom is -0.465 e. The van der Waals surface area contributed by atoms with E-state index in [4.69, 9.17) is 21.7 Å². The lowest BCUT2D eigenvalue weighted by molar-refractivity contribution is 0.0603. The van der Waals surface area contributed by atoms with Gasteiger partial charge in [-0.05, 0) is 47.3 Å². The Morgan fingerprint density at radius 1 is 1.20 bits per heavy atom. The first-order chi connectivity index (χ1) is 9.52. The fraction of sp³-hybridized carbons (Fsp3) is 0.200. The van der Waals surface area contributed by atoms with Gasteiger partial charge in [-0.3, -0.25) is 0 Å². The second kappa shape index (κ2) is 5.88. The molecule has 0 heterocycles. The number of carbonyl (C=O) groups is 1. The maximum Gasteiger partial charge on any atom is 0.338 e. The molecule has 0 fully saturated rings. The molecule has 0 aliphatic rings. The molecule has 5 heteroatoms. The minimum atomic E-state index is -0.354. The summed E-state index contributed by atoms with van der Waals surface area (Å²) >= 11 is 5.10. The number of nitrogens with zero attached hydrogens (tertiary/aromatic N) is 1. The van der Waals surface area contributed by atoms with Crippen LogP contribution in [-0.4, -0.2) is 37.2 Å². The zero-order valence-electron chi connectivity index (χ0n) is 11.5. The van der Waals surface area contributed by atoms with Crippen LogP contribution < -0.4 is 4.74 Å². The molecule has 0 bridgehead atoms. The van der Waals surface area contributed by atoms with E-state index in [9.17, 15) is 4.79 Å². The third-order valence-electron chi connectivity index (χ3n) is 2.83. The van der Waals surface area contributed by atoms with Gasteiger partial charge >= 0.3 is 5.97 Å². The molecule has 20 heavy (non-hydrogen) atoms. The average molecular weight is 289 g/mol. The fourth-order valence-corrected chi connectivity index (χ4v) is 1.90. The molecule has 0 saturated heterocycles. The second-order valence-electron chi connectivity index (χ2n) is 4.44. The highest BCUT2D eigenvalue weighted by atomic mass is 32.1. The van der Waals surface area contributed by atoms with Crippen molar-refractivity contribution in [1.29, 1.82) is 0 Å². The van der Waals surface area contributed by atoms with E-state index in [1.54, 1.807) is 17.0 Å². The number of ether oxygens (including phenoxy) is 2. The first kappa shape index (κ1) is 14.3. The number of methoxy groups -OCH3 is 1. The Kier molecular flexibility index (Phi) is 4.20. The van der Waals surface area contributed by atoms with Crippen LogP contribution in [0.2, 0.25) is 0 Å². The first-order valence-corrected chi connectivity index (χ1v) is 6.44.